The maximum absolute atomic E-state index is 10.4. The Morgan fingerprint density at radius 3 is 1.52 bits per heavy atom. The molecule has 3 aliphatic heterocycles. The second kappa shape index (κ2) is 6.61. The Kier molecular flexibility index (Phi) is 4.95. The van der Waals surface area contributed by atoms with Crippen LogP contribution < -0.4 is 0 Å². The summed E-state index contributed by atoms with van der Waals surface area (Å²) < 4.78 is 33.5. The van der Waals surface area contributed by atoms with Gasteiger partial charge < -0.3 is 23.7 Å². The molecule has 3 heterocycles. The molecule has 0 radical (unpaired) electrons. The molecule has 1 aromatic carbocycles. The topological polar surface area (TPSA) is 97.7 Å². The number of aliphatic hydroxyl groups is 2. The molecule has 2 N–H and O–H groups in total. The minimum Gasteiger partial charge on any atom is -0.744 e. The number of quaternary nitrogens is 2. The Morgan fingerprint density at radius 1 is 0.880 bits per heavy atom. The minimum atomic E-state index is -4.27. The first-order chi connectivity index (χ1) is 11.6. The van der Waals surface area contributed by atoms with Crippen molar-refractivity contribution in [1.82, 2.24) is 0 Å². The van der Waals surface area contributed by atoms with Crippen LogP contribution in [0.5, 0.6) is 0 Å². The monoisotopic (exact) mass is 371 g/mol. The van der Waals surface area contributed by atoms with Crippen LogP contribution in [0.25, 0.3) is 0 Å². The summed E-state index contributed by atoms with van der Waals surface area (Å²) >= 11 is 0. The molecule has 0 aliphatic carbocycles. The van der Waals surface area contributed by atoms with Gasteiger partial charge in [-0.05, 0) is 19.1 Å². The van der Waals surface area contributed by atoms with Crippen LogP contribution in [0.3, 0.4) is 0 Å². The predicted octanol–water partition coefficient (Wildman–Crippen LogP) is -0.718. The summed E-state index contributed by atoms with van der Waals surface area (Å²) in [5.74, 6) is 0. The van der Waals surface area contributed by atoms with Gasteiger partial charge in [0.25, 0.3) is 0 Å². The number of aryl methyl sites for hydroxylation is 1. The quantitative estimate of drug-likeness (QED) is 0.502. The molecule has 140 valence electrons. The Labute approximate surface area is 149 Å². The highest BCUT2D eigenvalue weighted by Gasteiger charge is 2.53. The molecule has 2 spiro atoms. The molecular formula is C17H27N2O5S+. The van der Waals surface area contributed by atoms with Crippen LogP contribution >= 0.6 is 0 Å². The highest BCUT2D eigenvalue weighted by Crippen LogP contribution is 2.30. The van der Waals surface area contributed by atoms with E-state index in [1.807, 2.05) is 6.92 Å². The lowest BCUT2D eigenvalue weighted by atomic mass is 9.98. The number of hydrogen-bond donors (Lipinski definition) is 2. The Morgan fingerprint density at radius 2 is 1.24 bits per heavy atom. The molecule has 0 bridgehead atoms. The summed E-state index contributed by atoms with van der Waals surface area (Å²) in [6.45, 7) is 10.6. The average Bonchev–Trinajstić information content (AvgIpc) is 2.47. The van der Waals surface area contributed by atoms with Crippen LogP contribution in [-0.2, 0) is 10.1 Å². The first-order valence-corrected chi connectivity index (χ1v) is 10.1. The van der Waals surface area contributed by atoms with E-state index in [1.165, 1.54) is 38.3 Å². The minimum absolute atomic E-state index is 0.0384. The molecule has 0 saturated carbocycles. The molecular weight excluding hydrogens is 344 g/mol. The lowest BCUT2D eigenvalue weighted by Crippen LogP contribution is -2.79. The van der Waals surface area contributed by atoms with Crippen molar-refractivity contribution in [2.45, 2.75) is 24.0 Å². The highest BCUT2D eigenvalue weighted by molar-refractivity contribution is 7.85. The number of hydrogen-bond acceptors (Lipinski definition) is 5. The maximum atomic E-state index is 10.4. The van der Waals surface area contributed by atoms with Crippen LogP contribution in [0.15, 0.2) is 29.2 Å². The van der Waals surface area contributed by atoms with E-state index in [0.717, 1.165) is 40.7 Å². The number of aliphatic hydroxyl groups excluding tert-OH is 2. The molecule has 7 nitrogen and oxygen atoms in total. The second-order valence-corrected chi connectivity index (χ2v) is 9.26. The predicted molar refractivity (Wildman–Crippen MR) is 90.6 cm³/mol. The average molecular weight is 371 g/mol. The fourth-order valence-electron chi connectivity index (χ4n) is 4.19. The van der Waals surface area contributed by atoms with Crippen LogP contribution in [0.1, 0.15) is 5.56 Å². The number of rotatable bonds is 1. The van der Waals surface area contributed by atoms with Gasteiger partial charge >= 0.3 is 0 Å². The summed E-state index contributed by atoms with van der Waals surface area (Å²) in [7, 11) is -4.27. The molecule has 3 fully saturated rings. The van der Waals surface area contributed by atoms with Gasteiger partial charge in [-0.1, -0.05) is 17.7 Å². The van der Waals surface area contributed by atoms with Crippen LogP contribution in [0, 0.1) is 6.92 Å². The van der Waals surface area contributed by atoms with Crippen molar-refractivity contribution in [1.29, 1.82) is 0 Å². The lowest BCUT2D eigenvalue weighted by Gasteiger charge is -2.58. The summed E-state index contributed by atoms with van der Waals surface area (Å²) in [4.78, 5) is -0.178. The molecule has 3 aliphatic rings. The van der Waals surface area contributed by atoms with Crippen LogP contribution in [0.4, 0.5) is 0 Å². The van der Waals surface area contributed by atoms with Gasteiger partial charge in [0, 0.05) is 0 Å². The van der Waals surface area contributed by atoms with E-state index in [-0.39, 0.29) is 17.1 Å². The Hall–Kier alpha value is -1.03. The third-order valence-corrected chi connectivity index (χ3v) is 6.65. The molecule has 0 atom stereocenters. The van der Waals surface area contributed by atoms with E-state index in [0.29, 0.717) is 0 Å². The van der Waals surface area contributed by atoms with E-state index < -0.39 is 10.1 Å². The van der Waals surface area contributed by atoms with Crippen molar-refractivity contribution in [3.8, 4) is 0 Å². The zero-order valence-corrected chi connectivity index (χ0v) is 15.4. The zero-order valence-electron chi connectivity index (χ0n) is 14.5. The Balaban J connectivity index is 0.000000151. The first kappa shape index (κ1) is 18.8. The molecule has 8 heteroatoms. The number of piperazine rings is 1. The second-order valence-electron chi connectivity index (χ2n) is 7.88. The lowest BCUT2D eigenvalue weighted by molar-refractivity contribution is -1.07. The summed E-state index contributed by atoms with van der Waals surface area (Å²) in [5.41, 5.74) is 0.928. The normalized spacial score (nSPS) is 37.0. The third kappa shape index (κ3) is 4.21. The number of nitrogens with zero attached hydrogens (tertiary/aromatic N) is 2. The molecule has 1 aromatic rings. The van der Waals surface area contributed by atoms with Crippen molar-refractivity contribution >= 4 is 10.1 Å². The van der Waals surface area contributed by atoms with Gasteiger partial charge in [0.15, 0.2) is 12.2 Å². The molecule has 0 amide bonds. The van der Waals surface area contributed by atoms with Crippen LogP contribution in [-0.4, -0.2) is 96.7 Å². The third-order valence-electron chi connectivity index (χ3n) is 5.80. The van der Waals surface area contributed by atoms with E-state index in [4.69, 9.17) is 0 Å². The standard InChI is InChI=1S/C10H20N2O2.C7H8O3S/c13-9-5-11(6-9)1-2-12(4-3-11)7-10(14)8-12;1-6-2-4-7(5-3-6)11(8,9)10/h9-10,13-14H,1-8H2;2-5H,1H3,(H,8,9,10)/q+2;/p-1. The van der Waals surface area contributed by atoms with E-state index in [1.54, 1.807) is 12.1 Å². The van der Waals surface area contributed by atoms with Crippen molar-refractivity contribution < 1.29 is 32.1 Å². The summed E-state index contributed by atoms with van der Waals surface area (Å²) in [6.07, 6.45) is -0.0768. The summed E-state index contributed by atoms with van der Waals surface area (Å²) in [6, 6.07) is 5.78. The van der Waals surface area contributed by atoms with Gasteiger partial charge in [0.05, 0.1) is 4.90 Å². The molecule has 0 unspecified atom stereocenters. The van der Waals surface area contributed by atoms with Gasteiger partial charge in [0.2, 0.25) is 0 Å². The largest absolute Gasteiger partial charge is 0.744 e. The fraction of sp³-hybridized carbons (Fsp3) is 0.647. The van der Waals surface area contributed by atoms with Gasteiger partial charge in [0.1, 0.15) is 62.5 Å². The van der Waals surface area contributed by atoms with Crippen molar-refractivity contribution in [2.75, 3.05) is 52.4 Å². The van der Waals surface area contributed by atoms with Crippen molar-refractivity contribution in [3.05, 3.63) is 29.8 Å². The van der Waals surface area contributed by atoms with E-state index in [2.05, 4.69) is 0 Å². The summed E-state index contributed by atoms with van der Waals surface area (Å²) in [5, 5.41) is 18.7. The maximum Gasteiger partial charge on any atom is 0.152 e. The molecule has 25 heavy (non-hydrogen) atoms. The van der Waals surface area contributed by atoms with Gasteiger partial charge in [-0.15, -0.1) is 0 Å². The smallest absolute Gasteiger partial charge is 0.152 e. The van der Waals surface area contributed by atoms with E-state index in [9.17, 15) is 23.2 Å². The molecule has 0 aromatic heterocycles. The van der Waals surface area contributed by atoms with Gasteiger partial charge in [-0.3, -0.25) is 0 Å². The van der Waals surface area contributed by atoms with Crippen LogP contribution in [0.2, 0.25) is 0 Å². The van der Waals surface area contributed by atoms with Crippen molar-refractivity contribution in [3.63, 3.8) is 0 Å². The zero-order chi connectivity index (χ0) is 18.3. The Bertz CT molecular complexity index is 669. The van der Waals surface area contributed by atoms with Gasteiger partial charge in [-0.2, -0.15) is 0 Å². The molecule has 3 saturated heterocycles. The first-order valence-electron chi connectivity index (χ1n) is 8.70. The van der Waals surface area contributed by atoms with Gasteiger partial charge in [-0.25, -0.2) is 8.42 Å². The highest BCUT2D eigenvalue weighted by atomic mass is 32.2. The fourth-order valence-corrected chi connectivity index (χ4v) is 4.66. The SMILES string of the molecule is Cc1ccc(S(=O)(=O)[O-])cc1.OC1C[N+]2(CC[N+]3(CC2)CC(O)C3)C1. The van der Waals surface area contributed by atoms with E-state index >= 15 is 0 Å². The van der Waals surface area contributed by atoms with Crippen molar-refractivity contribution in [2.24, 2.45) is 0 Å². The molecule has 4 rings (SSSR count). The number of benzene rings is 1.